The van der Waals surface area contributed by atoms with Crippen molar-refractivity contribution in [2.75, 3.05) is 33.3 Å². The highest BCUT2D eigenvalue weighted by atomic mass is 16.5. The Bertz CT molecular complexity index is 673. The van der Waals surface area contributed by atoms with Crippen LogP contribution in [-0.4, -0.2) is 54.0 Å². The van der Waals surface area contributed by atoms with Gasteiger partial charge in [-0.2, -0.15) is 0 Å². The summed E-state index contributed by atoms with van der Waals surface area (Å²) in [6.45, 7) is 7.58. The zero-order valence-electron chi connectivity index (χ0n) is 16.1. The molecule has 0 amide bonds. The van der Waals surface area contributed by atoms with Crippen LogP contribution in [0.25, 0.3) is 0 Å². The van der Waals surface area contributed by atoms with E-state index in [2.05, 4.69) is 23.6 Å². The molecule has 0 atom stereocenters. The van der Waals surface area contributed by atoms with E-state index in [1.54, 1.807) is 13.2 Å². The molecule has 1 aromatic rings. The summed E-state index contributed by atoms with van der Waals surface area (Å²) in [5.74, 6) is 1.25. The summed E-state index contributed by atoms with van der Waals surface area (Å²) in [7, 11) is 1.58. The summed E-state index contributed by atoms with van der Waals surface area (Å²) < 4.78 is 5.32. The van der Waals surface area contributed by atoms with Crippen LogP contribution in [0.15, 0.2) is 18.2 Å². The molecular weight excluding hydrogens is 328 g/mol. The van der Waals surface area contributed by atoms with Gasteiger partial charge in [0.2, 0.25) is 0 Å². The molecule has 0 saturated carbocycles. The number of nitrogens with zero attached hydrogens (tertiary/aromatic N) is 2. The first-order valence-electron chi connectivity index (χ1n) is 9.89. The Hall–Kier alpha value is -1.59. The van der Waals surface area contributed by atoms with Crippen LogP contribution in [0, 0.1) is 10.8 Å². The number of rotatable bonds is 6. The molecule has 5 rings (SSSR count). The number of piperidine rings is 2. The third-order valence-electron chi connectivity index (χ3n) is 6.66. The summed E-state index contributed by atoms with van der Waals surface area (Å²) in [4.78, 5) is 18.4. The molecule has 4 bridgehead atoms. The summed E-state index contributed by atoms with van der Waals surface area (Å²) >= 11 is 0. The quantitative estimate of drug-likeness (QED) is 0.846. The molecule has 26 heavy (non-hydrogen) atoms. The molecule has 4 aliphatic rings. The van der Waals surface area contributed by atoms with Gasteiger partial charge in [0.1, 0.15) is 5.78 Å². The van der Waals surface area contributed by atoms with Crippen molar-refractivity contribution in [3.05, 3.63) is 23.8 Å². The Morgan fingerprint density at radius 1 is 1.08 bits per heavy atom. The Labute approximate surface area is 155 Å². The van der Waals surface area contributed by atoms with Gasteiger partial charge in [-0.3, -0.25) is 14.6 Å². The first-order valence-corrected chi connectivity index (χ1v) is 9.89. The van der Waals surface area contributed by atoms with Gasteiger partial charge in [0.25, 0.3) is 0 Å². The lowest BCUT2D eigenvalue weighted by molar-refractivity contribution is -0.205. The van der Waals surface area contributed by atoms with Crippen LogP contribution in [0.5, 0.6) is 11.5 Å². The zero-order chi connectivity index (χ0) is 18.5. The standard InChI is InChI=1S/C21H30N2O3/c1-4-9-20-11-22-13-21(10-5-2,19(20)25)14-23(12-20)18(22)15-7-6-8-16(26-3)17(15)24/h6-8,18,24H,4-5,9-14H2,1-3H3. The maximum absolute atomic E-state index is 13.5. The molecule has 142 valence electrons. The van der Waals surface area contributed by atoms with Crippen LogP contribution >= 0.6 is 0 Å². The molecule has 1 aromatic carbocycles. The number of phenolic OH excluding ortho intramolecular Hbond substituents is 1. The lowest BCUT2D eigenvalue weighted by Crippen LogP contribution is -2.76. The van der Waals surface area contributed by atoms with Crippen molar-refractivity contribution in [3.63, 3.8) is 0 Å². The fourth-order valence-corrected chi connectivity index (χ4v) is 6.00. The van der Waals surface area contributed by atoms with Gasteiger partial charge in [0, 0.05) is 31.7 Å². The van der Waals surface area contributed by atoms with Crippen LogP contribution in [0.3, 0.4) is 0 Å². The SMILES string of the molecule is CCCC12CN3CC(CCC)(CN(C1)C3c1cccc(OC)c1O)C2=O. The minimum Gasteiger partial charge on any atom is -0.504 e. The molecule has 5 nitrogen and oxygen atoms in total. The van der Waals surface area contributed by atoms with Crippen molar-refractivity contribution in [1.29, 1.82) is 0 Å². The van der Waals surface area contributed by atoms with E-state index in [1.165, 1.54) is 0 Å². The maximum atomic E-state index is 13.5. The van der Waals surface area contributed by atoms with E-state index < -0.39 is 0 Å². The third kappa shape index (κ3) is 2.33. The number of hydrogen-bond acceptors (Lipinski definition) is 5. The van der Waals surface area contributed by atoms with E-state index in [-0.39, 0.29) is 22.7 Å². The average Bonchev–Trinajstić information content (AvgIpc) is 2.60. The number of benzene rings is 1. The molecule has 0 unspecified atom stereocenters. The Balaban J connectivity index is 1.75. The lowest BCUT2D eigenvalue weighted by Gasteiger charge is -2.66. The summed E-state index contributed by atoms with van der Waals surface area (Å²) in [5.41, 5.74) is 0.436. The van der Waals surface area contributed by atoms with E-state index in [0.717, 1.165) is 57.4 Å². The predicted octanol–water partition coefficient (Wildman–Crippen LogP) is 3.19. The molecule has 1 N–H and O–H groups in total. The Morgan fingerprint density at radius 2 is 1.62 bits per heavy atom. The van der Waals surface area contributed by atoms with E-state index >= 15 is 0 Å². The molecule has 0 aromatic heterocycles. The van der Waals surface area contributed by atoms with Crippen LogP contribution in [0.1, 0.15) is 51.3 Å². The Morgan fingerprint density at radius 3 is 2.08 bits per heavy atom. The fraction of sp³-hybridized carbons (Fsp3) is 0.667. The van der Waals surface area contributed by atoms with E-state index in [9.17, 15) is 9.90 Å². The number of carbonyl (C=O) groups excluding carboxylic acids is 1. The number of aromatic hydroxyl groups is 1. The number of phenols is 1. The number of para-hydroxylation sites is 1. The van der Waals surface area contributed by atoms with Crippen molar-refractivity contribution >= 4 is 5.78 Å². The van der Waals surface area contributed by atoms with E-state index in [1.807, 2.05) is 12.1 Å². The molecule has 4 heterocycles. The van der Waals surface area contributed by atoms with Crippen LogP contribution in [0.2, 0.25) is 0 Å². The molecule has 0 spiro atoms. The molecule has 5 heteroatoms. The van der Waals surface area contributed by atoms with E-state index in [4.69, 9.17) is 4.74 Å². The zero-order valence-corrected chi connectivity index (χ0v) is 16.1. The van der Waals surface area contributed by atoms with Gasteiger partial charge in [-0.1, -0.05) is 38.8 Å². The van der Waals surface area contributed by atoms with Crippen LogP contribution in [0.4, 0.5) is 0 Å². The lowest BCUT2D eigenvalue weighted by atomic mass is 9.57. The van der Waals surface area contributed by atoms with Crippen molar-refractivity contribution in [2.45, 2.75) is 45.7 Å². The Kier molecular flexibility index (Phi) is 4.27. The first kappa shape index (κ1) is 17.8. The number of Topliss-reactive ketones (excluding diaryl/α,β-unsaturated/α-hetero) is 1. The molecular formula is C21H30N2O3. The molecule has 4 saturated heterocycles. The minimum absolute atomic E-state index is 0.0353. The third-order valence-corrected chi connectivity index (χ3v) is 6.66. The number of carbonyl (C=O) groups is 1. The van der Waals surface area contributed by atoms with Gasteiger partial charge < -0.3 is 9.84 Å². The smallest absolute Gasteiger partial charge is 0.163 e. The fourth-order valence-electron chi connectivity index (χ4n) is 6.00. The highest BCUT2D eigenvalue weighted by Crippen LogP contribution is 2.56. The topological polar surface area (TPSA) is 53.0 Å². The number of ether oxygens (including phenoxy) is 1. The second-order valence-corrected chi connectivity index (χ2v) is 8.47. The highest BCUT2D eigenvalue weighted by molar-refractivity contribution is 5.93. The van der Waals surface area contributed by atoms with Crippen molar-refractivity contribution in [3.8, 4) is 11.5 Å². The molecule has 0 radical (unpaired) electrons. The van der Waals surface area contributed by atoms with Crippen molar-refractivity contribution < 1.29 is 14.6 Å². The van der Waals surface area contributed by atoms with Gasteiger partial charge in [0.05, 0.1) is 24.1 Å². The predicted molar refractivity (Wildman–Crippen MR) is 100 cm³/mol. The van der Waals surface area contributed by atoms with Gasteiger partial charge in [-0.05, 0) is 18.9 Å². The number of methoxy groups -OCH3 is 1. The van der Waals surface area contributed by atoms with Gasteiger partial charge in [-0.15, -0.1) is 0 Å². The minimum atomic E-state index is -0.231. The van der Waals surface area contributed by atoms with Gasteiger partial charge in [0.15, 0.2) is 11.5 Å². The molecule has 0 aliphatic carbocycles. The molecule has 4 fully saturated rings. The molecule has 4 aliphatic heterocycles. The normalized spacial score (nSPS) is 38.0. The number of hydrogen-bond donors (Lipinski definition) is 1. The van der Waals surface area contributed by atoms with E-state index in [0.29, 0.717) is 11.5 Å². The maximum Gasteiger partial charge on any atom is 0.163 e. The second kappa shape index (κ2) is 6.24. The largest absolute Gasteiger partial charge is 0.504 e. The highest BCUT2D eigenvalue weighted by Gasteiger charge is 2.64. The summed E-state index contributed by atoms with van der Waals surface area (Å²) in [6.07, 6.45) is 4.02. The average molecular weight is 358 g/mol. The number of ketones is 1. The monoisotopic (exact) mass is 358 g/mol. The first-order chi connectivity index (χ1) is 12.5. The second-order valence-electron chi connectivity index (χ2n) is 8.47. The summed E-state index contributed by atoms with van der Waals surface area (Å²) in [5, 5.41) is 10.7. The summed E-state index contributed by atoms with van der Waals surface area (Å²) in [6, 6.07) is 5.72. The van der Waals surface area contributed by atoms with Gasteiger partial charge >= 0.3 is 0 Å². The van der Waals surface area contributed by atoms with Crippen LogP contribution < -0.4 is 4.74 Å². The van der Waals surface area contributed by atoms with Gasteiger partial charge in [-0.25, -0.2) is 0 Å². The van der Waals surface area contributed by atoms with Crippen molar-refractivity contribution in [1.82, 2.24) is 9.80 Å². The van der Waals surface area contributed by atoms with Crippen LogP contribution in [-0.2, 0) is 4.79 Å². The van der Waals surface area contributed by atoms with Crippen molar-refractivity contribution in [2.24, 2.45) is 10.8 Å².